The number of carbonyl (C=O) groups is 1. The van der Waals surface area contributed by atoms with Gasteiger partial charge in [-0.2, -0.15) is 13.2 Å². The second-order valence-corrected chi connectivity index (χ2v) is 5.07. The monoisotopic (exact) mass is 288 g/mol. The smallest absolute Gasteiger partial charge is 0.350 e. The number of primary amides is 1. The third-order valence-corrected chi connectivity index (χ3v) is 3.63. The molecule has 1 aromatic carbocycles. The molecule has 2 rings (SSSR count). The number of hydrogen-bond acceptors (Lipinski definition) is 2. The molecule has 1 aromatic rings. The number of nitrogens with zero attached hydrogens (tertiary/aromatic N) is 1. The fourth-order valence-corrected chi connectivity index (χ4v) is 2.44. The summed E-state index contributed by atoms with van der Waals surface area (Å²) >= 11 is 0. The maximum Gasteiger partial charge on any atom is 0.416 e. The number of nitrogens with two attached hydrogens (primary N) is 1. The van der Waals surface area contributed by atoms with Gasteiger partial charge in [-0.15, -0.1) is 0 Å². The van der Waals surface area contributed by atoms with Crippen LogP contribution in [0.25, 0.3) is 0 Å². The molecule has 1 saturated carbocycles. The van der Waals surface area contributed by atoms with Crippen molar-refractivity contribution in [2.45, 2.75) is 24.9 Å². The number of amides is 2. The SMILES string of the molecule is NC(=O)N(O)CC1CC(c2ccc(C(F)(F)F)cc2)C1. The Bertz CT molecular complexity index is 481. The Balaban J connectivity index is 1.88. The van der Waals surface area contributed by atoms with E-state index in [0.29, 0.717) is 5.06 Å². The number of alkyl halides is 3. The molecular formula is C13H15F3N2O2. The average Bonchev–Trinajstić information content (AvgIpc) is 2.32. The van der Waals surface area contributed by atoms with E-state index in [4.69, 9.17) is 5.73 Å². The van der Waals surface area contributed by atoms with Crippen molar-refractivity contribution in [3.8, 4) is 0 Å². The van der Waals surface area contributed by atoms with Crippen molar-refractivity contribution in [3.63, 3.8) is 0 Å². The second kappa shape index (κ2) is 5.32. The van der Waals surface area contributed by atoms with Gasteiger partial charge >= 0.3 is 12.2 Å². The topological polar surface area (TPSA) is 66.6 Å². The molecule has 0 spiro atoms. The number of urea groups is 1. The van der Waals surface area contributed by atoms with Crippen molar-refractivity contribution < 1.29 is 23.2 Å². The molecule has 1 aliphatic rings. The molecule has 0 heterocycles. The molecule has 0 aromatic heterocycles. The number of carbonyl (C=O) groups excluding carboxylic acids is 1. The van der Waals surface area contributed by atoms with E-state index < -0.39 is 17.8 Å². The van der Waals surface area contributed by atoms with E-state index in [1.807, 2.05) is 0 Å². The first-order valence-electron chi connectivity index (χ1n) is 6.20. The molecule has 3 N–H and O–H groups in total. The van der Waals surface area contributed by atoms with E-state index in [0.717, 1.165) is 30.5 Å². The van der Waals surface area contributed by atoms with E-state index in [2.05, 4.69) is 0 Å². The van der Waals surface area contributed by atoms with Crippen LogP contribution in [0, 0.1) is 5.92 Å². The van der Waals surface area contributed by atoms with Gasteiger partial charge in [0.05, 0.1) is 12.1 Å². The molecule has 0 aliphatic heterocycles. The fraction of sp³-hybridized carbons (Fsp3) is 0.462. The van der Waals surface area contributed by atoms with E-state index in [1.165, 1.54) is 12.1 Å². The Hall–Kier alpha value is -1.76. The largest absolute Gasteiger partial charge is 0.416 e. The number of hydroxylamine groups is 2. The van der Waals surface area contributed by atoms with Crippen LogP contribution in [0.4, 0.5) is 18.0 Å². The Morgan fingerprint density at radius 3 is 2.30 bits per heavy atom. The highest BCUT2D eigenvalue weighted by atomic mass is 19.4. The van der Waals surface area contributed by atoms with Crippen molar-refractivity contribution in [2.75, 3.05) is 6.54 Å². The summed E-state index contributed by atoms with van der Waals surface area (Å²) in [6, 6.07) is 4.21. The normalized spacial score (nSPS) is 22.2. The summed E-state index contributed by atoms with van der Waals surface area (Å²) in [7, 11) is 0. The van der Waals surface area contributed by atoms with Gasteiger partial charge in [0, 0.05) is 0 Å². The molecule has 0 bridgehead atoms. The summed E-state index contributed by atoms with van der Waals surface area (Å²) in [4.78, 5) is 10.6. The van der Waals surface area contributed by atoms with Crippen molar-refractivity contribution in [2.24, 2.45) is 11.7 Å². The highest BCUT2D eigenvalue weighted by molar-refractivity contribution is 5.70. The van der Waals surface area contributed by atoms with Crippen LogP contribution in [-0.4, -0.2) is 22.8 Å². The first kappa shape index (κ1) is 14.6. The zero-order valence-electron chi connectivity index (χ0n) is 10.6. The van der Waals surface area contributed by atoms with E-state index in [1.54, 1.807) is 0 Å². The van der Waals surface area contributed by atoms with Crippen LogP contribution in [0.1, 0.15) is 29.9 Å². The number of benzene rings is 1. The zero-order chi connectivity index (χ0) is 14.9. The van der Waals surface area contributed by atoms with E-state index in [9.17, 15) is 23.2 Å². The minimum absolute atomic E-state index is 0.125. The lowest BCUT2D eigenvalue weighted by Gasteiger charge is -2.37. The molecule has 0 atom stereocenters. The van der Waals surface area contributed by atoms with Crippen molar-refractivity contribution in [1.29, 1.82) is 0 Å². The van der Waals surface area contributed by atoms with Crippen molar-refractivity contribution in [3.05, 3.63) is 35.4 Å². The van der Waals surface area contributed by atoms with Crippen LogP contribution >= 0.6 is 0 Å². The molecule has 2 amide bonds. The molecule has 1 fully saturated rings. The molecule has 0 saturated heterocycles. The quantitative estimate of drug-likeness (QED) is 0.663. The van der Waals surface area contributed by atoms with Gasteiger partial charge in [-0.25, -0.2) is 9.86 Å². The molecule has 4 nitrogen and oxygen atoms in total. The van der Waals surface area contributed by atoms with Gasteiger partial charge in [0.15, 0.2) is 0 Å². The van der Waals surface area contributed by atoms with Gasteiger partial charge in [0.1, 0.15) is 0 Å². The van der Waals surface area contributed by atoms with Crippen molar-refractivity contribution in [1.82, 2.24) is 5.06 Å². The molecule has 7 heteroatoms. The number of rotatable bonds is 3. The third-order valence-electron chi connectivity index (χ3n) is 3.63. The van der Waals surface area contributed by atoms with Gasteiger partial charge in [0.2, 0.25) is 0 Å². The van der Waals surface area contributed by atoms with Crippen LogP contribution < -0.4 is 5.73 Å². The first-order valence-corrected chi connectivity index (χ1v) is 6.20. The summed E-state index contributed by atoms with van der Waals surface area (Å²) in [5.74, 6) is 0.295. The maximum atomic E-state index is 12.4. The fourth-order valence-electron chi connectivity index (χ4n) is 2.44. The van der Waals surface area contributed by atoms with Crippen LogP contribution in [0.15, 0.2) is 24.3 Å². The van der Waals surface area contributed by atoms with Gasteiger partial charge in [0.25, 0.3) is 0 Å². The Morgan fingerprint density at radius 1 is 1.30 bits per heavy atom. The Morgan fingerprint density at radius 2 is 1.85 bits per heavy atom. The van der Waals surface area contributed by atoms with Gasteiger partial charge in [-0.05, 0) is 42.4 Å². The zero-order valence-corrected chi connectivity index (χ0v) is 10.6. The average molecular weight is 288 g/mol. The predicted molar refractivity (Wildman–Crippen MR) is 65.0 cm³/mol. The molecule has 1 aliphatic carbocycles. The lowest BCUT2D eigenvalue weighted by molar-refractivity contribution is -0.137. The second-order valence-electron chi connectivity index (χ2n) is 5.07. The minimum Gasteiger partial charge on any atom is -0.350 e. The highest BCUT2D eigenvalue weighted by Crippen LogP contribution is 2.42. The summed E-state index contributed by atoms with van der Waals surface area (Å²) < 4.78 is 37.3. The van der Waals surface area contributed by atoms with Gasteiger partial charge < -0.3 is 5.73 Å². The first-order chi connectivity index (χ1) is 9.27. The number of hydrogen-bond donors (Lipinski definition) is 2. The minimum atomic E-state index is -4.32. The predicted octanol–water partition coefficient (Wildman–Crippen LogP) is 2.97. The summed E-state index contributed by atoms with van der Waals surface area (Å²) in [5, 5.41) is 9.64. The molecule has 0 unspecified atom stereocenters. The molecule has 110 valence electrons. The molecule has 0 radical (unpaired) electrons. The highest BCUT2D eigenvalue weighted by Gasteiger charge is 2.34. The standard InChI is InChI=1S/C13H15F3N2O2/c14-13(15,16)11-3-1-9(2-4-11)10-5-8(6-10)7-18(20)12(17)19/h1-4,8,10,20H,5-7H2,(H2,17,19). The van der Waals surface area contributed by atoms with E-state index >= 15 is 0 Å². The lowest BCUT2D eigenvalue weighted by atomic mass is 9.71. The van der Waals surface area contributed by atoms with Crippen LogP contribution in [-0.2, 0) is 6.18 Å². The van der Waals surface area contributed by atoms with Gasteiger partial charge in [-0.3, -0.25) is 5.21 Å². The maximum absolute atomic E-state index is 12.4. The Labute approximate surface area is 113 Å². The summed E-state index contributed by atoms with van der Waals surface area (Å²) in [6.45, 7) is 0.159. The summed E-state index contributed by atoms with van der Waals surface area (Å²) in [5.41, 5.74) is 5.08. The summed E-state index contributed by atoms with van der Waals surface area (Å²) in [6.07, 6.45) is -2.88. The van der Waals surface area contributed by atoms with Gasteiger partial charge in [-0.1, -0.05) is 12.1 Å². The van der Waals surface area contributed by atoms with Crippen LogP contribution in [0.3, 0.4) is 0 Å². The van der Waals surface area contributed by atoms with Crippen molar-refractivity contribution >= 4 is 6.03 Å². The third kappa shape index (κ3) is 3.22. The Kier molecular flexibility index (Phi) is 3.89. The van der Waals surface area contributed by atoms with E-state index in [-0.39, 0.29) is 18.4 Å². The number of halogens is 3. The lowest BCUT2D eigenvalue weighted by Crippen LogP contribution is -2.39. The molecular weight excluding hydrogens is 273 g/mol. The van der Waals surface area contributed by atoms with Crippen LogP contribution in [0.2, 0.25) is 0 Å². The molecule has 20 heavy (non-hydrogen) atoms. The van der Waals surface area contributed by atoms with Crippen LogP contribution in [0.5, 0.6) is 0 Å².